The van der Waals surface area contributed by atoms with Crippen LogP contribution in [-0.4, -0.2) is 36.3 Å². The van der Waals surface area contributed by atoms with Crippen molar-refractivity contribution in [1.82, 2.24) is 4.90 Å². The molecule has 0 aliphatic carbocycles. The molecule has 0 spiro atoms. The van der Waals surface area contributed by atoms with Gasteiger partial charge in [0.2, 0.25) is 0 Å². The van der Waals surface area contributed by atoms with Crippen molar-refractivity contribution in [2.24, 2.45) is 5.73 Å². The molecule has 0 saturated heterocycles. The summed E-state index contributed by atoms with van der Waals surface area (Å²) in [6.07, 6.45) is 0. The Labute approximate surface area is 119 Å². The Morgan fingerprint density at radius 3 is 2.21 bits per heavy atom. The average Bonchev–Trinajstić information content (AvgIpc) is 2.38. The van der Waals surface area contributed by atoms with Crippen molar-refractivity contribution in [2.45, 2.75) is 13.8 Å². The highest BCUT2D eigenvalue weighted by Crippen LogP contribution is 2.11. The lowest BCUT2D eigenvalue weighted by molar-refractivity contribution is -0.132. The number of benzene rings is 1. The molecule has 3 N–H and O–H groups in total. The standard InChI is InChI=1S/C13H19N3O2.ClH/c1-3-16(4-2)12(17)9-18-11-7-5-10(6-8-11)13(14)15;/h5-8H,3-4,9H2,1-2H3,(H3,14,15);1H. The van der Waals surface area contributed by atoms with E-state index in [4.69, 9.17) is 15.9 Å². The fourth-order valence-corrected chi connectivity index (χ4v) is 1.54. The molecule has 0 aliphatic heterocycles. The van der Waals surface area contributed by atoms with E-state index in [9.17, 15) is 4.79 Å². The highest BCUT2D eigenvalue weighted by atomic mass is 35.5. The van der Waals surface area contributed by atoms with Gasteiger partial charge in [-0.25, -0.2) is 0 Å². The Hall–Kier alpha value is -1.75. The summed E-state index contributed by atoms with van der Waals surface area (Å²) in [5, 5.41) is 7.26. The van der Waals surface area contributed by atoms with Crippen LogP contribution in [0.15, 0.2) is 24.3 Å². The van der Waals surface area contributed by atoms with Crippen molar-refractivity contribution in [2.75, 3.05) is 19.7 Å². The Morgan fingerprint density at radius 1 is 1.26 bits per heavy atom. The Morgan fingerprint density at radius 2 is 1.79 bits per heavy atom. The first kappa shape index (κ1) is 17.2. The highest BCUT2D eigenvalue weighted by Gasteiger charge is 2.09. The Bertz CT molecular complexity index is 416. The first-order chi connectivity index (χ1) is 8.58. The second-order valence-electron chi connectivity index (χ2n) is 3.79. The number of halogens is 1. The smallest absolute Gasteiger partial charge is 0.260 e. The van der Waals surface area contributed by atoms with E-state index in [0.717, 1.165) is 0 Å². The molecule has 0 aromatic heterocycles. The zero-order valence-corrected chi connectivity index (χ0v) is 12.0. The van der Waals surface area contributed by atoms with Crippen molar-refractivity contribution in [3.05, 3.63) is 29.8 Å². The van der Waals surface area contributed by atoms with Crippen molar-refractivity contribution in [1.29, 1.82) is 5.41 Å². The summed E-state index contributed by atoms with van der Waals surface area (Å²) in [7, 11) is 0. The third kappa shape index (κ3) is 5.18. The number of hydrogen-bond donors (Lipinski definition) is 2. The second kappa shape index (κ2) is 8.37. The van der Waals surface area contributed by atoms with Gasteiger partial charge < -0.3 is 15.4 Å². The van der Waals surface area contributed by atoms with Crippen molar-refractivity contribution in [3.63, 3.8) is 0 Å². The van der Waals surface area contributed by atoms with Gasteiger partial charge in [0.25, 0.3) is 5.91 Å². The summed E-state index contributed by atoms with van der Waals surface area (Å²) in [6, 6.07) is 6.79. The molecule has 0 saturated carbocycles. The maximum absolute atomic E-state index is 11.7. The number of nitrogens with zero attached hydrogens (tertiary/aromatic N) is 1. The highest BCUT2D eigenvalue weighted by molar-refractivity contribution is 5.94. The first-order valence-electron chi connectivity index (χ1n) is 5.93. The van der Waals surface area contributed by atoms with E-state index in [1.54, 1.807) is 29.2 Å². The molecule has 106 valence electrons. The third-order valence-electron chi connectivity index (χ3n) is 2.64. The van der Waals surface area contributed by atoms with E-state index in [1.165, 1.54) is 0 Å². The number of rotatable bonds is 6. The first-order valence-corrected chi connectivity index (χ1v) is 5.93. The van der Waals surface area contributed by atoms with Gasteiger partial charge in [0.15, 0.2) is 6.61 Å². The van der Waals surface area contributed by atoms with Crippen LogP contribution < -0.4 is 10.5 Å². The minimum Gasteiger partial charge on any atom is -0.484 e. The molecule has 0 fully saturated rings. The van der Waals surface area contributed by atoms with Crippen LogP contribution in [0.3, 0.4) is 0 Å². The number of hydrogen-bond acceptors (Lipinski definition) is 3. The van der Waals surface area contributed by atoms with E-state index in [0.29, 0.717) is 24.4 Å². The molecule has 0 unspecified atom stereocenters. The monoisotopic (exact) mass is 285 g/mol. The lowest BCUT2D eigenvalue weighted by Gasteiger charge is -2.18. The summed E-state index contributed by atoms with van der Waals surface area (Å²) in [5.41, 5.74) is 5.98. The molecule has 1 rings (SSSR count). The normalized spacial score (nSPS) is 9.37. The molecule has 5 nitrogen and oxygen atoms in total. The number of carbonyl (C=O) groups is 1. The Balaban J connectivity index is 0.00000324. The van der Waals surface area contributed by atoms with Gasteiger partial charge in [-0.15, -0.1) is 12.4 Å². The van der Waals surface area contributed by atoms with Crippen LogP contribution >= 0.6 is 12.4 Å². The van der Waals surface area contributed by atoms with Gasteiger partial charge >= 0.3 is 0 Å². The molecule has 6 heteroatoms. The summed E-state index contributed by atoms with van der Waals surface area (Å²) in [6.45, 7) is 5.26. The summed E-state index contributed by atoms with van der Waals surface area (Å²) < 4.78 is 5.38. The predicted octanol–water partition coefficient (Wildman–Crippen LogP) is 1.64. The van der Waals surface area contributed by atoms with Gasteiger partial charge in [0, 0.05) is 18.7 Å². The summed E-state index contributed by atoms with van der Waals surface area (Å²) in [5.74, 6) is 0.580. The molecular formula is C13H20ClN3O2. The number of carbonyl (C=O) groups excluding carboxylic acids is 1. The van der Waals surface area contributed by atoms with Crippen LogP contribution in [0.1, 0.15) is 19.4 Å². The van der Waals surface area contributed by atoms with Gasteiger partial charge in [-0.05, 0) is 38.1 Å². The topological polar surface area (TPSA) is 79.4 Å². The predicted molar refractivity (Wildman–Crippen MR) is 78.1 cm³/mol. The molecule has 0 radical (unpaired) electrons. The van der Waals surface area contributed by atoms with Gasteiger partial charge in [0.1, 0.15) is 11.6 Å². The molecule has 0 atom stereocenters. The number of amides is 1. The van der Waals surface area contributed by atoms with E-state index < -0.39 is 0 Å². The quantitative estimate of drug-likeness (QED) is 0.616. The lowest BCUT2D eigenvalue weighted by Crippen LogP contribution is -2.34. The van der Waals surface area contributed by atoms with Crippen LogP contribution in [0.25, 0.3) is 0 Å². The molecule has 19 heavy (non-hydrogen) atoms. The second-order valence-corrected chi connectivity index (χ2v) is 3.79. The van der Waals surface area contributed by atoms with Gasteiger partial charge in [-0.2, -0.15) is 0 Å². The molecule has 0 aliphatic rings. The fourth-order valence-electron chi connectivity index (χ4n) is 1.54. The zero-order chi connectivity index (χ0) is 13.5. The summed E-state index contributed by atoms with van der Waals surface area (Å²) >= 11 is 0. The maximum atomic E-state index is 11.7. The Kier molecular flexibility index (Phi) is 7.60. The minimum atomic E-state index is -0.0318. The molecule has 1 amide bonds. The minimum absolute atomic E-state index is 0. The molecule has 0 heterocycles. The van der Waals surface area contributed by atoms with Crippen LogP contribution in [0, 0.1) is 5.41 Å². The number of ether oxygens (including phenoxy) is 1. The number of amidine groups is 1. The van der Waals surface area contributed by atoms with Crippen LogP contribution in [-0.2, 0) is 4.79 Å². The number of likely N-dealkylation sites (N-methyl/N-ethyl adjacent to an activating group) is 1. The van der Waals surface area contributed by atoms with Gasteiger partial charge in [-0.3, -0.25) is 10.2 Å². The molecule has 1 aromatic rings. The third-order valence-corrected chi connectivity index (χ3v) is 2.64. The average molecular weight is 286 g/mol. The van der Waals surface area contributed by atoms with Crippen molar-refractivity contribution < 1.29 is 9.53 Å². The fraction of sp³-hybridized carbons (Fsp3) is 0.385. The van der Waals surface area contributed by atoms with Crippen LogP contribution in [0.2, 0.25) is 0 Å². The zero-order valence-electron chi connectivity index (χ0n) is 11.2. The van der Waals surface area contributed by atoms with Crippen LogP contribution in [0.4, 0.5) is 0 Å². The number of nitrogens with one attached hydrogen (secondary N) is 1. The maximum Gasteiger partial charge on any atom is 0.260 e. The summed E-state index contributed by atoms with van der Waals surface area (Å²) in [4.78, 5) is 13.4. The van der Waals surface area contributed by atoms with Crippen LogP contribution in [0.5, 0.6) is 5.75 Å². The van der Waals surface area contributed by atoms with E-state index in [2.05, 4.69) is 0 Å². The number of nitrogens with two attached hydrogens (primary N) is 1. The molecule has 1 aromatic carbocycles. The van der Waals surface area contributed by atoms with E-state index in [1.807, 2.05) is 13.8 Å². The SMILES string of the molecule is CCN(CC)C(=O)COc1ccc(C(=N)N)cc1.Cl. The largest absolute Gasteiger partial charge is 0.484 e. The van der Waals surface area contributed by atoms with E-state index >= 15 is 0 Å². The van der Waals surface area contributed by atoms with Gasteiger partial charge in [0.05, 0.1) is 0 Å². The number of nitrogen functional groups attached to an aromatic ring is 1. The van der Waals surface area contributed by atoms with Gasteiger partial charge in [-0.1, -0.05) is 0 Å². The molecular weight excluding hydrogens is 266 g/mol. The van der Waals surface area contributed by atoms with Crippen molar-refractivity contribution in [3.8, 4) is 5.75 Å². The van der Waals surface area contributed by atoms with Crippen molar-refractivity contribution >= 4 is 24.1 Å². The van der Waals surface area contributed by atoms with E-state index in [-0.39, 0.29) is 30.8 Å². The lowest BCUT2D eigenvalue weighted by atomic mass is 10.2. The molecule has 0 bridgehead atoms.